The van der Waals surface area contributed by atoms with Gasteiger partial charge < -0.3 is 14.2 Å². The Bertz CT molecular complexity index is 1460. The van der Waals surface area contributed by atoms with E-state index in [1.807, 2.05) is 0 Å². The van der Waals surface area contributed by atoms with E-state index in [9.17, 15) is 14.4 Å². The summed E-state index contributed by atoms with van der Waals surface area (Å²) < 4.78 is 16.9. The molecule has 6 nitrogen and oxygen atoms in total. The van der Waals surface area contributed by atoms with Gasteiger partial charge in [-0.05, 0) is 116 Å². The van der Waals surface area contributed by atoms with Crippen molar-refractivity contribution in [3.05, 3.63) is 97.2 Å². The van der Waals surface area contributed by atoms with Crippen LogP contribution in [-0.2, 0) is 28.6 Å². The monoisotopic (exact) mass is 1030 g/mol. The minimum absolute atomic E-state index is 0.0903. The predicted octanol–water partition coefficient (Wildman–Crippen LogP) is 21.3. The fourth-order valence-electron chi connectivity index (χ4n) is 8.62. The van der Waals surface area contributed by atoms with Crippen LogP contribution in [0.1, 0.15) is 297 Å². The summed E-state index contributed by atoms with van der Waals surface area (Å²) in [7, 11) is 0. The van der Waals surface area contributed by atoms with Crippen LogP contribution in [0.15, 0.2) is 97.2 Å². The third-order valence-corrected chi connectivity index (χ3v) is 13.3. The highest BCUT2D eigenvalue weighted by Crippen LogP contribution is 2.16. The second kappa shape index (κ2) is 61.9. The Morgan fingerprint density at radius 2 is 0.554 bits per heavy atom. The summed E-state index contributed by atoms with van der Waals surface area (Å²) in [5.74, 6) is -0.920. The maximum absolute atomic E-state index is 12.9. The third kappa shape index (κ3) is 59.2. The molecule has 0 aliphatic rings. The van der Waals surface area contributed by atoms with Gasteiger partial charge in [0.05, 0.1) is 0 Å². The van der Waals surface area contributed by atoms with E-state index in [0.29, 0.717) is 19.3 Å². The number of ether oxygens (including phenoxy) is 3. The molecule has 0 heterocycles. The molecule has 0 aromatic rings. The topological polar surface area (TPSA) is 78.9 Å². The van der Waals surface area contributed by atoms with Crippen LogP contribution in [0, 0.1) is 0 Å². The molecule has 0 rings (SSSR count). The van der Waals surface area contributed by atoms with E-state index < -0.39 is 6.10 Å². The number of hydrogen-bond donors (Lipinski definition) is 0. The number of carbonyl (C=O) groups is 3. The van der Waals surface area contributed by atoms with Crippen LogP contribution in [0.5, 0.6) is 0 Å². The molecule has 0 aliphatic heterocycles. The van der Waals surface area contributed by atoms with Gasteiger partial charge in [-0.1, -0.05) is 259 Å². The zero-order valence-electron chi connectivity index (χ0n) is 48.6. The van der Waals surface area contributed by atoms with Gasteiger partial charge in [0.25, 0.3) is 0 Å². The van der Waals surface area contributed by atoms with Crippen LogP contribution in [-0.4, -0.2) is 37.2 Å². The Balaban J connectivity index is 4.32. The number of hydrogen-bond acceptors (Lipinski definition) is 6. The van der Waals surface area contributed by atoms with Gasteiger partial charge in [0.1, 0.15) is 13.2 Å². The second-order valence-electron chi connectivity index (χ2n) is 20.6. The summed E-state index contributed by atoms with van der Waals surface area (Å²) in [6, 6.07) is 0. The third-order valence-electron chi connectivity index (χ3n) is 13.3. The van der Waals surface area contributed by atoms with Crippen LogP contribution < -0.4 is 0 Å². The van der Waals surface area contributed by atoms with Crippen molar-refractivity contribution in [3.63, 3.8) is 0 Å². The molecule has 0 aliphatic carbocycles. The second-order valence-corrected chi connectivity index (χ2v) is 20.6. The highest BCUT2D eigenvalue weighted by molar-refractivity contribution is 5.71. The molecule has 0 radical (unpaired) electrons. The lowest BCUT2D eigenvalue weighted by atomic mass is 10.0. The van der Waals surface area contributed by atoms with Crippen molar-refractivity contribution in [1.82, 2.24) is 0 Å². The summed E-state index contributed by atoms with van der Waals surface area (Å²) in [5.41, 5.74) is 0. The fraction of sp³-hybridized carbons (Fsp3) is 0.721. The Morgan fingerprint density at radius 3 is 0.892 bits per heavy atom. The summed E-state index contributed by atoms with van der Waals surface area (Å²) >= 11 is 0. The summed E-state index contributed by atoms with van der Waals surface area (Å²) in [4.78, 5) is 38.2. The van der Waals surface area contributed by atoms with Crippen molar-refractivity contribution in [1.29, 1.82) is 0 Å². The number of unbranched alkanes of at least 4 members (excludes halogenated alkanes) is 29. The van der Waals surface area contributed by atoms with Crippen molar-refractivity contribution >= 4 is 17.9 Å². The molecule has 424 valence electrons. The van der Waals surface area contributed by atoms with Gasteiger partial charge in [-0.3, -0.25) is 14.4 Å². The van der Waals surface area contributed by atoms with E-state index in [2.05, 4.69) is 118 Å². The average molecular weight is 1030 g/mol. The van der Waals surface area contributed by atoms with E-state index in [1.54, 1.807) is 0 Å². The van der Waals surface area contributed by atoms with E-state index in [4.69, 9.17) is 14.2 Å². The minimum atomic E-state index is -0.793. The maximum atomic E-state index is 12.9. The Hall–Kier alpha value is -3.67. The summed E-state index contributed by atoms with van der Waals surface area (Å²) in [6.45, 7) is 6.45. The fourth-order valence-corrected chi connectivity index (χ4v) is 8.62. The maximum Gasteiger partial charge on any atom is 0.306 e. The normalized spacial score (nSPS) is 12.7. The standard InChI is InChI=1S/C68H116O6/c1-4-7-10-13-16-19-22-24-26-28-30-32-34-36-38-40-42-44-46-49-52-55-58-61-67(70)73-64-65(63-72-66(69)60-57-54-51-48-21-18-15-12-9-6-3)74-68(71)62-59-56-53-50-47-45-43-41-39-37-35-33-31-29-27-25-23-20-17-14-11-8-5-2/h7,10,12,15-16,19,24,26,29-32,36,38,42,44,65H,4-6,8-9,11,13-14,17-18,20-23,25,27-28,33-35,37,39-41,43,45-64H2,1-3H3/b10-7-,15-12-,19-16-,26-24-,31-29-,32-30-,38-36-,44-42-. The largest absolute Gasteiger partial charge is 0.462 e. The van der Waals surface area contributed by atoms with E-state index in [0.717, 1.165) is 128 Å². The first kappa shape index (κ1) is 70.3. The average Bonchev–Trinajstić information content (AvgIpc) is 3.40. The number of esters is 3. The van der Waals surface area contributed by atoms with Gasteiger partial charge in [0.2, 0.25) is 0 Å². The molecule has 0 fully saturated rings. The van der Waals surface area contributed by atoms with Crippen LogP contribution in [0.2, 0.25) is 0 Å². The van der Waals surface area contributed by atoms with E-state index in [-0.39, 0.29) is 31.1 Å². The molecule has 0 bridgehead atoms. The van der Waals surface area contributed by atoms with Gasteiger partial charge in [-0.25, -0.2) is 0 Å². The zero-order chi connectivity index (χ0) is 53.6. The molecule has 74 heavy (non-hydrogen) atoms. The lowest BCUT2D eigenvalue weighted by Gasteiger charge is -2.18. The SMILES string of the molecule is CC/C=C\C/C=C\C/C=C\C/C=C\C/C=C\C/C=C\CCCCCCC(=O)OCC(COC(=O)CCCCCCC/C=C\CCC)OC(=O)CCCCCCCCCCCCC/C=C\CCCCCCCCCC. The number of carbonyl (C=O) groups excluding carboxylic acids is 3. The molecule has 0 N–H and O–H groups in total. The highest BCUT2D eigenvalue weighted by atomic mass is 16.6. The van der Waals surface area contributed by atoms with Crippen LogP contribution >= 0.6 is 0 Å². The first-order valence-corrected chi connectivity index (χ1v) is 31.2. The smallest absolute Gasteiger partial charge is 0.306 e. The number of rotatable bonds is 56. The zero-order valence-corrected chi connectivity index (χ0v) is 48.6. The predicted molar refractivity (Wildman–Crippen MR) is 320 cm³/mol. The van der Waals surface area contributed by atoms with Crippen LogP contribution in [0.25, 0.3) is 0 Å². The molecular formula is C68H116O6. The van der Waals surface area contributed by atoms with Gasteiger partial charge in [-0.2, -0.15) is 0 Å². The Kier molecular flexibility index (Phi) is 58.8. The molecule has 6 heteroatoms. The molecule has 1 atom stereocenters. The van der Waals surface area contributed by atoms with Crippen molar-refractivity contribution in [2.24, 2.45) is 0 Å². The van der Waals surface area contributed by atoms with Crippen molar-refractivity contribution in [2.75, 3.05) is 13.2 Å². The first-order valence-electron chi connectivity index (χ1n) is 31.2. The molecule has 1 unspecified atom stereocenters. The van der Waals surface area contributed by atoms with Gasteiger partial charge in [0.15, 0.2) is 6.10 Å². The lowest BCUT2D eigenvalue weighted by molar-refractivity contribution is -0.167. The van der Waals surface area contributed by atoms with Crippen LogP contribution in [0.3, 0.4) is 0 Å². The highest BCUT2D eigenvalue weighted by Gasteiger charge is 2.19. The summed E-state index contributed by atoms with van der Waals surface area (Å²) in [6.07, 6.45) is 82.8. The molecule has 0 spiro atoms. The van der Waals surface area contributed by atoms with E-state index >= 15 is 0 Å². The molecule has 0 aromatic carbocycles. The number of allylic oxidation sites excluding steroid dienone is 16. The van der Waals surface area contributed by atoms with Crippen molar-refractivity contribution < 1.29 is 28.6 Å². The van der Waals surface area contributed by atoms with Crippen LogP contribution in [0.4, 0.5) is 0 Å². The van der Waals surface area contributed by atoms with Gasteiger partial charge in [-0.15, -0.1) is 0 Å². The molecule has 0 aromatic heterocycles. The lowest BCUT2D eigenvalue weighted by Crippen LogP contribution is -2.30. The quantitative estimate of drug-likeness (QED) is 0.0261. The minimum Gasteiger partial charge on any atom is -0.462 e. The molecule has 0 saturated carbocycles. The van der Waals surface area contributed by atoms with Crippen molar-refractivity contribution in [3.8, 4) is 0 Å². The van der Waals surface area contributed by atoms with E-state index in [1.165, 1.54) is 128 Å². The Morgan fingerprint density at radius 1 is 0.284 bits per heavy atom. The first-order chi connectivity index (χ1) is 36.5. The summed E-state index contributed by atoms with van der Waals surface area (Å²) in [5, 5.41) is 0. The van der Waals surface area contributed by atoms with Gasteiger partial charge in [0, 0.05) is 19.3 Å². The van der Waals surface area contributed by atoms with Crippen molar-refractivity contribution in [2.45, 2.75) is 303 Å². The Labute approximate surface area is 457 Å². The van der Waals surface area contributed by atoms with Gasteiger partial charge >= 0.3 is 17.9 Å². The molecule has 0 amide bonds. The molecule has 0 saturated heterocycles. The molecular weight excluding hydrogens is 913 g/mol.